The van der Waals surface area contributed by atoms with E-state index in [0.29, 0.717) is 17.8 Å². The second-order valence-electron chi connectivity index (χ2n) is 4.47. The summed E-state index contributed by atoms with van der Waals surface area (Å²) in [6.45, 7) is 1.90. The number of benzene rings is 1. The SMILES string of the molecule is CCc1nn(C)cc1NC(=O)c1cccc(N)c1[N+](=O)[O-]. The van der Waals surface area contributed by atoms with Gasteiger partial charge in [-0.25, -0.2) is 0 Å². The molecule has 2 rings (SSSR count). The number of nitrogens with one attached hydrogen (secondary N) is 1. The molecule has 0 radical (unpaired) electrons. The molecule has 8 nitrogen and oxygen atoms in total. The van der Waals surface area contributed by atoms with Gasteiger partial charge in [0.2, 0.25) is 0 Å². The van der Waals surface area contributed by atoms with Crippen LogP contribution in [-0.4, -0.2) is 20.6 Å². The fourth-order valence-electron chi connectivity index (χ4n) is 2.04. The zero-order chi connectivity index (χ0) is 15.6. The molecule has 0 aliphatic heterocycles. The van der Waals surface area contributed by atoms with Crippen LogP contribution in [0.2, 0.25) is 0 Å². The molecular weight excluding hydrogens is 274 g/mol. The Morgan fingerprint density at radius 3 is 2.86 bits per heavy atom. The number of nitrogens with zero attached hydrogens (tertiary/aromatic N) is 3. The molecule has 0 spiro atoms. The molecule has 0 saturated carbocycles. The minimum Gasteiger partial charge on any atom is -0.393 e. The van der Waals surface area contributed by atoms with E-state index < -0.39 is 16.5 Å². The highest BCUT2D eigenvalue weighted by Gasteiger charge is 2.24. The van der Waals surface area contributed by atoms with Gasteiger partial charge in [0, 0.05) is 13.2 Å². The van der Waals surface area contributed by atoms with Crippen molar-refractivity contribution >= 4 is 23.0 Å². The smallest absolute Gasteiger partial charge is 0.304 e. The highest BCUT2D eigenvalue weighted by molar-refractivity contribution is 6.08. The van der Waals surface area contributed by atoms with Gasteiger partial charge in [-0.05, 0) is 18.6 Å². The third kappa shape index (κ3) is 2.83. The van der Waals surface area contributed by atoms with Crippen LogP contribution in [0, 0.1) is 10.1 Å². The van der Waals surface area contributed by atoms with Gasteiger partial charge in [-0.15, -0.1) is 0 Å². The van der Waals surface area contributed by atoms with Crippen LogP contribution >= 0.6 is 0 Å². The number of nitro groups is 1. The third-order valence-corrected chi connectivity index (χ3v) is 2.98. The number of aromatic nitrogens is 2. The number of nitro benzene ring substituents is 1. The number of nitrogens with two attached hydrogens (primary N) is 1. The van der Waals surface area contributed by atoms with Crippen molar-refractivity contribution in [1.29, 1.82) is 0 Å². The number of hydrogen-bond acceptors (Lipinski definition) is 5. The number of carbonyl (C=O) groups is 1. The van der Waals surface area contributed by atoms with E-state index in [0.717, 1.165) is 0 Å². The molecule has 0 aliphatic carbocycles. The van der Waals surface area contributed by atoms with Crippen molar-refractivity contribution in [2.24, 2.45) is 7.05 Å². The maximum absolute atomic E-state index is 12.3. The first-order valence-electron chi connectivity index (χ1n) is 6.30. The van der Waals surface area contributed by atoms with E-state index in [-0.39, 0.29) is 11.3 Å². The maximum Gasteiger partial charge on any atom is 0.304 e. The van der Waals surface area contributed by atoms with E-state index in [2.05, 4.69) is 10.4 Å². The summed E-state index contributed by atoms with van der Waals surface area (Å²) >= 11 is 0. The monoisotopic (exact) mass is 289 g/mol. The Labute approximate surface area is 120 Å². The van der Waals surface area contributed by atoms with Gasteiger partial charge in [-0.2, -0.15) is 5.10 Å². The Hall–Kier alpha value is -2.90. The molecule has 21 heavy (non-hydrogen) atoms. The Morgan fingerprint density at radius 1 is 1.52 bits per heavy atom. The van der Waals surface area contributed by atoms with Crippen LogP contribution in [0.5, 0.6) is 0 Å². The van der Waals surface area contributed by atoms with Crippen LogP contribution in [0.25, 0.3) is 0 Å². The first-order chi connectivity index (χ1) is 9.93. The van der Waals surface area contributed by atoms with Crippen molar-refractivity contribution in [3.63, 3.8) is 0 Å². The second-order valence-corrected chi connectivity index (χ2v) is 4.47. The van der Waals surface area contributed by atoms with Gasteiger partial charge in [-0.1, -0.05) is 13.0 Å². The van der Waals surface area contributed by atoms with Crippen LogP contribution < -0.4 is 11.1 Å². The highest BCUT2D eigenvalue weighted by Crippen LogP contribution is 2.27. The minimum absolute atomic E-state index is 0.0467. The second kappa shape index (κ2) is 5.61. The number of aryl methyl sites for hydroxylation is 2. The maximum atomic E-state index is 12.3. The Balaban J connectivity index is 2.37. The summed E-state index contributed by atoms with van der Waals surface area (Å²) in [5.41, 5.74) is 6.29. The van der Waals surface area contributed by atoms with Gasteiger partial charge >= 0.3 is 5.69 Å². The molecule has 2 aromatic rings. The van der Waals surface area contributed by atoms with Crippen LogP contribution in [0.4, 0.5) is 17.1 Å². The lowest BCUT2D eigenvalue weighted by Gasteiger charge is -2.06. The van der Waals surface area contributed by atoms with Crippen molar-refractivity contribution in [1.82, 2.24) is 9.78 Å². The molecule has 0 aliphatic rings. The molecule has 0 saturated heterocycles. The summed E-state index contributed by atoms with van der Waals surface area (Å²) in [6.07, 6.45) is 2.28. The zero-order valence-electron chi connectivity index (χ0n) is 11.7. The molecule has 3 N–H and O–H groups in total. The van der Waals surface area contributed by atoms with Gasteiger partial charge < -0.3 is 11.1 Å². The molecule has 8 heteroatoms. The van der Waals surface area contributed by atoms with Gasteiger partial charge in [0.15, 0.2) is 0 Å². The summed E-state index contributed by atoms with van der Waals surface area (Å²) in [5, 5.41) is 17.9. The average Bonchev–Trinajstić information content (AvgIpc) is 2.77. The Kier molecular flexibility index (Phi) is 3.88. The van der Waals surface area contributed by atoms with Gasteiger partial charge in [0.05, 0.1) is 16.3 Å². The van der Waals surface area contributed by atoms with E-state index in [4.69, 9.17) is 5.73 Å². The van der Waals surface area contributed by atoms with Crippen molar-refractivity contribution in [2.75, 3.05) is 11.1 Å². The normalized spacial score (nSPS) is 10.4. The number of anilines is 2. The van der Waals surface area contributed by atoms with E-state index in [9.17, 15) is 14.9 Å². The fourth-order valence-corrected chi connectivity index (χ4v) is 2.04. The summed E-state index contributed by atoms with van der Waals surface area (Å²) < 4.78 is 1.57. The lowest BCUT2D eigenvalue weighted by molar-refractivity contribution is -0.384. The van der Waals surface area contributed by atoms with E-state index >= 15 is 0 Å². The predicted octanol–water partition coefficient (Wildman–Crippen LogP) is 1.73. The van der Waals surface area contributed by atoms with Crippen molar-refractivity contribution in [2.45, 2.75) is 13.3 Å². The van der Waals surface area contributed by atoms with Crippen LogP contribution in [0.15, 0.2) is 24.4 Å². The van der Waals surface area contributed by atoms with E-state index in [1.165, 1.54) is 18.2 Å². The number of rotatable bonds is 4. The number of carbonyl (C=O) groups excluding carboxylic acids is 1. The summed E-state index contributed by atoms with van der Waals surface area (Å²) in [7, 11) is 1.73. The zero-order valence-corrected chi connectivity index (χ0v) is 11.7. The first-order valence-corrected chi connectivity index (χ1v) is 6.30. The first kappa shape index (κ1) is 14.5. The number of nitrogen functional groups attached to an aromatic ring is 1. The molecule has 1 amide bonds. The summed E-state index contributed by atoms with van der Waals surface area (Å²) in [4.78, 5) is 22.7. The topological polar surface area (TPSA) is 116 Å². The molecule has 0 bridgehead atoms. The third-order valence-electron chi connectivity index (χ3n) is 2.98. The van der Waals surface area contributed by atoms with Crippen molar-refractivity contribution in [3.8, 4) is 0 Å². The fraction of sp³-hybridized carbons (Fsp3) is 0.231. The lowest BCUT2D eigenvalue weighted by Crippen LogP contribution is -2.15. The Morgan fingerprint density at radius 2 is 2.24 bits per heavy atom. The summed E-state index contributed by atoms with van der Waals surface area (Å²) in [5.74, 6) is -0.586. The Bertz CT molecular complexity index is 708. The molecule has 1 aromatic heterocycles. The molecule has 1 aromatic carbocycles. The molecule has 1 heterocycles. The number of amides is 1. The van der Waals surface area contributed by atoms with Crippen LogP contribution in [0.1, 0.15) is 23.0 Å². The van der Waals surface area contributed by atoms with Crippen LogP contribution in [-0.2, 0) is 13.5 Å². The van der Waals surface area contributed by atoms with Crippen molar-refractivity contribution in [3.05, 3.63) is 45.8 Å². The predicted molar refractivity (Wildman–Crippen MR) is 78.0 cm³/mol. The van der Waals surface area contributed by atoms with Gasteiger partial charge in [0.1, 0.15) is 11.3 Å². The summed E-state index contributed by atoms with van der Waals surface area (Å²) in [6, 6.07) is 4.25. The lowest BCUT2D eigenvalue weighted by atomic mass is 10.1. The molecule has 0 fully saturated rings. The minimum atomic E-state index is -0.659. The van der Waals surface area contributed by atoms with E-state index in [1.54, 1.807) is 17.9 Å². The highest BCUT2D eigenvalue weighted by atomic mass is 16.6. The molecule has 0 atom stereocenters. The van der Waals surface area contributed by atoms with E-state index in [1.807, 2.05) is 6.92 Å². The largest absolute Gasteiger partial charge is 0.393 e. The average molecular weight is 289 g/mol. The molecule has 110 valence electrons. The van der Waals surface area contributed by atoms with Gasteiger partial charge in [0.25, 0.3) is 5.91 Å². The molecule has 0 unspecified atom stereocenters. The number of hydrogen-bond donors (Lipinski definition) is 2. The number of para-hydroxylation sites is 1. The van der Waals surface area contributed by atoms with Crippen LogP contribution in [0.3, 0.4) is 0 Å². The van der Waals surface area contributed by atoms with Gasteiger partial charge in [-0.3, -0.25) is 19.6 Å². The standard InChI is InChI=1S/C13H15N5O3/c1-3-10-11(7-17(2)16-10)15-13(19)8-5-4-6-9(14)12(8)18(20)21/h4-7H,3,14H2,1-2H3,(H,15,19). The van der Waals surface area contributed by atoms with Crippen molar-refractivity contribution < 1.29 is 9.72 Å². The quantitative estimate of drug-likeness (QED) is 0.505. The molecular formula is C13H15N5O3.